The summed E-state index contributed by atoms with van der Waals surface area (Å²) in [5.41, 5.74) is 7.39. The van der Waals surface area contributed by atoms with E-state index in [-0.39, 0.29) is 5.56 Å². The molecule has 3 heterocycles. The Bertz CT molecular complexity index is 3420. The lowest BCUT2D eigenvalue weighted by Gasteiger charge is -2.17. The molecule has 8 aromatic carbocycles. The standard InChI is InChI=1S/C53H33F3N4S/c1-32-23-26-37(43(29-32)53(54,55)56)36-24-27-40-39-17-8-10-20-44(39)60(46(40)31-36)45-28-25-35(38-19-12-22-48-49(38)41-18-9-11-21-47(41)61-48)30-42(45)52-58-50(33-13-4-2-5-14-33)57-51(59-52)34-15-6-3-7-16-34/h2-31H,1H3. The molecule has 0 atom stereocenters. The number of benzene rings is 8. The first-order valence-electron chi connectivity index (χ1n) is 19.9. The van der Waals surface area contributed by atoms with Gasteiger partial charge in [0, 0.05) is 47.6 Å². The zero-order valence-electron chi connectivity index (χ0n) is 32.7. The number of alkyl halides is 3. The first-order valence-corrected chi connectivity index (χ1v) is 20.7. The normalized spacial score (nSPS) is 11.9. The molecular formula is C53H33F3N4S. The molecule has 0 saturated carbocycles. The molecule has 0 aliphatic carbocycles. The van der Waals surface area contributed by atoms with Gasteiger partial charge >= 0.3 is 6.18 Å². The lowest BCUT2D eigenvalue weighted by atomic mass is 9.96. The Kier molecular flexibility index (Phi) is 8.65. The molecule has 0 spiro atoms. The zero-order valence-corrected chi connectivity index (χ0v) is 33.5. The summed E-state index contributed by atoms with van der Waals surface area (Å²) in [6.07, 6.45) is -4.53. The van der Waals surface area contributed by atoms with Gasteiger partial charge in [-0.2, -0.15) is 13.2 Å². The Morgan fingerprint density at radius 1 is 0.443 bits per heavy atom. The molecular weight excluding hydrogens is 782 g/mol. The molecule has 11 aromatic rings. The van der Waals surface area contributed by atoms with Gasteiger partial charge in [-0.25, -0.2) is 15.0 Å². The van der Waals surface area contributed by atoms with Crippen LogP contribution in [0.2, 0.25) is 0 Å². The van der Waals surface area contributed by atoms with E-state index in [4.69, 9.17) is 15.0 Å². The van der Waals surface area contributed by atoms with Gasteiger partial charge in [0.1, 0.15) is 0 Å². The van der Waals surface area contributed by atoms with E-state index in [1.54, 1.807) is 36.5 Å². The van der Waals surface area contributed by atoms with Crippen LogP contribution in [0.1, 0.15) is 11.1 Å². The number of aryl methyl sites for hydroxylation is 1. The average molecular weight is 815 g/mol. The van der Waals surface area contributed by atoms with Crippen molar-refractivity contribution < 1.29 is 13.2 Å². The van der Waals surface area contributed by atoms with Gasteiger partial charge in [-0.3, -0.25) is 0 Å². The first kappa shape index (κ1) is 36.6. The van der Waals surface area contributed by atoms with E-state index in [2.05, 4.69) is 77.4 Å². The van der Waals surface area contributed by atoms with Crippen LogP contribution in [0.15, 0.2) is 182 Å². The van der Waals surface area contributed by atoms with Crippen LogP contribution in [0.25, 0.3) is 104 Å². The number of para-hydroxylation sites is 1. The molecule has 4 nitrogen and oxygen atoms in total. The fraction of sp³-hybridized carbons (Fsp3) is 0.0377. The Morgan fingerprint density at radius 3 is 1.79 bits per heavy atom. The number of nitrogens with zero attached hydrogens (tertiary/aromatic N) is 4. The van der Waals surface area contributed by atoms with E-state index in [0.29, 0.717) is 28.6 Å². The molecule has 3 aromatic heterocycles. The Morgan fingerprint density at radius 2 is 1.05 bits per heavy atom. The van der Waals surface area contributed by atoms with Crippen LogP contribution < -0.4 is 0 Å². The van der Waals surface area contributed by atoms with Gasteiger partial charge in [0.15, 0.2) is 17.5 Å². The van der Waals surface area contributed by atoms with Crippen molar-refractivity contribution in [3.05, 3.63) is 193 Å². The van der Waals surface area contributed by atoms with Gasteiger partial charge in [-0.05, 0) is 71.6 Å². The summed E-state index contributed by atoms with van der Waals surface area (Å²) in [7, 11) is 0. The minimum atomic E-state index is -4.53. The van der Waals surface area contributed by atoms with Crippen molar-refractivity contribution in [2.75, 3.05) is 0 Å². The van der Waals surface area contributed by atoms with Crippen molar-refractivity contribution >= 4 is 53.3 Å². The van der Waals surface area contributed by atoms with E-state index in [1.807, 2.05) is 84.9 Å². The Hall–Kier alpha value is -7.42. The summed E-state index contributed by atoms with van der Waals surface area (Å²) in [6.45, 7) is 1.68. The summed E-state index contributed by atoms with van der Waals surface area (Å²) in [4.78, 5) is 15.4. The van der Waals surface area contributed by atoms with E-state index >= 15 is 0 Å². The number of hydrogen-bond donors (Lipinski definition) is 0. The second kappa shape index (κ2) is 14.4. The van der Waals surface area contributed by atoms with Gasteiger partial charge in [0.05, 0.1) is 22.3 Å². The van der Waals surface area contributed by atoms with Gasteiger partial charge in [-0.15, -0.1) is 11.3 Å². The monoisotopic (exact) mass is 814 g/mol. The molecule has 0 saturated heterocycles. The molecule has 61 heavy (non-hydrogen) atoms. The molecule has 0 bridgehead atoms. The molecule has 0 fully saturated rings. The van der Waals surface area contributed by atoms with Crippen LogP contribution in [-0.4, -0.2) is 19.5 Å². The Labute approximate surface area is 352 Å². The lowest BCUT2D eigenvalue weighted by molar-refractivity contribution is -0.137. The number of fused-ring (bicyclic) bond motifs is 6. The predicted octanol–water partition coefficient (Wildman–Crippen LogP) is 15.0. The third-order valence-electron chi connectivity index (χ3n) is 11.4. The van der Waals surface area contributed by atoms with Gasteiger partial charge in [-0.1, -0.05) is 145 Å². The second-order valence-electron chi connectivity index (χ2n) is 15.2. The van der Waals surface area contributed by atoms with Gasteiger partial charge < -0.3 is 4.57 Å². The molecule has 0 unspecified atom stereocenters. The molecule has 292 valence electrons. The lowest BCUT2D eigenvalue weighted by Crippen LogP contribution is -2.07. The highest BCUT2D eigenvalue weighted by molar-refractivity contribution is 7.25. The molecule has 8 heteroatoms. The maximum Gasteiger partial charge on any atom is 0.417 e. The van der Waals surface area contributed by atoms with Crippen LogP contribution in [-0.2, 0) is 6.18 Å². The third-order valence-corrected chi connectivity index (χ3v) is 12.5. The number of hydrogen-bond acceptors (Lipinski definition) is 4. The summed E-state index contributed by atoms with van der Waals surface area (Å²) in [6, 6.07) is 59.2. The largest absolute Gasteiger partial charge is 0.417 e. The van der Waals surface area contributed by atoms with E-state index in [1.165, 1.54) is 26.2 Å². The highest BCUT2D eigenvalue weighted by atomic mass is 32.1. The van der Waals surface area contributed by atoms with Crippen LogP contribution in [0.4, 0.5) is 13.2 Å². The van der Waals surface area contributed by atoms with Crippen molar-refractivity contribution in [2.24, 2.45) is 0 Å². The zero-order chi connectivity index (χ0) is 41.2. The van der Waals surface area contributed by atoms with E-state index < -0.39 is 11.7 Å². The minimum Gasteiger partial charge on any atom is -0.308 e. The maximum atomic E-state index is 14.6. The molecule has 11 rings (SSSR count). The maximum absolute atomic E-state index is 14.6. The van der Waals surface area contributed by atoms with Crippen molar-refractivity contribution in [1.29, 1.82) is 0 Å². The number of thiophene rings is 1. The summed E-state index contributed by atoms with van der Waals surface area (Å²) < 4.78 is 48.4. The molecule has 0 aliphatic heterocycles. The smallest absolute Gasteiger partial charge is 0.308 e. The predicted molar refractivity (Wildman–Crippen MR) is 244 cm³/mol. The fourth-order valence-electron chi connectivity index (χ4n) is 8.56. The quantitative estimate of drug-likeness (QED) is 0.168. The SMILES string of the molecule is Cc1ccc(-c2ccc3c4ccccc4n(-c4ccc(-c5cccc6sc7ccccc7c56)cc4-c4nc(-c5ccccc5)nc(-c5ccccc5)n4)c3c2)c(C(F)(F)F)c1. The number of rotatable bonds is 6. The van der Waals surface area contributed by atoms with E-state index in [0.717, 1.165) is 55.3 Å². The average Bonchev–Trinajstić information content (AvgIpc) is 3.84. The van der Waals surface area contributed by atoms with Crippen molar-refractivity contribution in [1.82, 2.24) is 19.5 Å². The highest BCUT2D eigenvalue weighted by Gasteiger charge is 2.34. The molecule has 0 amide bonds. The van der Waals surface area contributed by atoms with Crippen LogP contribution in [0.5, 0.6) is 0 Å². The van der Waals surface area contributed by atoms with Crippen molar-refractivity contribution in [3.8, 4) is 62.1 Å². The number of halogens is 3. The summed E-state index contributed by atoms with van der Waals surface area (Å²) in [5.74, 6) is 1.51. The highest BCUT2D eigenvalue weighted by Crippen LogP contribution is 2.44. The number of aromatic nitrogens is 4. The third kappa shape index (κ3) is 6.35. The van der Waals surface area contributed by atoms with E-state index in [9.17, 15) is 13.2 Å². The molecule has 0 aliphatic rings. The second-order valence-corrected chi connectivity index (χ2v) is 16.3. The Balaban J connectivity index is 1.23. The van der Waals surface area contributed by atoms with Crippen LogP contribution >= 0.6 is 11.3 Å². The minimum absolute atomic E-state index is 0.126. The molecule has 0 N–H and O–H groups in total. The van der Waals surface area contributed by atoms with Crippen LogP contribution in [0.3, 0.4) is 0 Å². The van der Waals surface area contributed by atoms with Gasteiger partial charge in [0.25, 0.3) is 0 Å². The summed E-state index contributed by atoms with van der Waals surface area (Å²) >= 11 is 1.77. The van der Waals surface area contributed by atoms with Crippen molar-refractivity contribution in [2.45, 2.75) is 13.1 Å². The summed E-state index contributed by atoms with van der Waals surface area (Å²) in [5, 5.41) is 4.24. The first-order chi connectivity index (χ1) is 29.8. The molecule has 0 radical (unpaired) electrons. The van der Waals surface area contributed by atoms with Crippen molar-refractivity contribution in [3.63, 3.8) is 0 Å². The fourth-order valence-corrected chi connectivity index (χ4v) is 9.70. The van der Waals surface area contributed by atoms with Gasteiger partial charge in [0.2, 0.25) is 0 Å². The van der Waals surface area contributed by atoms with Crippen LogP contribution in [0, 0.1) is 6.92 Å². The topological polar surface area (TPSA) is 43.6 Å².